The number of methoxy groups -OCH3 is 1. The Morgan fingerprint density at radius 1 is 1.26 bits per heavy atom. The molecule has 1 aromatic carbocycles. The van der Waals surface area contributed by atoms with E-state index >= 15 is 0 Å². The minimum Gasteiger partial charge on any atom is -0.465 e. The summed E-state index contributed by atoms with van der Waals surface area (Å²) in [6.45, 7) is 0.768. The molecule has 2 unspecified atom stereocenters. The number of ether oxygens (including phenoxy) is 1. The summed E-state index contributed by atoms with van der Waals surface area (Å²) < 4.78 is 4.79. The number of aromatic nitrogens is 1. The van der Waals surface area contributed by atoms with Gasteiger partial charge in [0.2, 0.25) is 0 Å². The lowest BCUT2D eigenvalue weighted by atomic mass is 9.97. The maximum absolute atomic E-state index is 12.0. The predicted octanol–water partition coefficient (Wildman–Crippen LogP) is 2.49. The van der Waals surface area contributed by atoms with Crippen LogP contribution in [-0.2, 0) is 11.2 Å². The van der Waals surface area contributed by atoms with Gasteiger partial charge in [0.25, 0.3) is 0 Å². The Hall–Kier alpha value is -2.93. The van der Waals surface area contributed by atoms with E-state index in [1.165, 1.54) is 23.8 Å². The zero-order chi connectivity index (χ0) is 19.2. The Bertz CT molecular complexity index is 797. The number of aryl methyl sites for hydroxylation is 1. The molecule has 1 aromatic heterocycles. The van der Waals surface area contributed by atoms with Crippen LogP contribution in [0.1, 0.15) is 34.1 Å². The van der Waals surface area contributed by atoms with Crippen LogP contribution in [0.25, 0.3) is 0 Å². The molecule has 7 nitrogen and oxygen atoms in total. The van der Waals surface area contributed by atoms with E-state index in [9.17, 15) is 14.7 Å². The second-order valence-electron chi connectivity index (χ2n) is 6.51. The van der Waals surface area contributed by atoms with Crippen molar-refractivity contribution in [3.05, 3.63) is 65.5 Å². The molecule has 1 amide bonds. The SMILES string of the molecule is COC(=O)c1ncccc1C1CN(C(=O)O)C(CCc2ccccc2)CN1. The summed E-state index contributed by atoms with van der Waals surface area (Å²) in [4.78, 5) is 29.4. The van der Waals surface area contributed by atoms with E-state index in [0.29, 0.717) is 12.1 Å². The number of amides is 1. The molecule has 0 saturated carbocycles. The molecular formula is C20H23N3O4. The standard InChI is InChI=1S/C20H23N3O4/c1-27-19(24)18-16(8-5-11-21-18)17-13-23(20(25)26)15(12-22-17)10-9-14-6-3-2-4-7-14/h2-8,11,15,17,22H,9-10,12-13H2,1H3,(H,25,26). The summed E-state index contributed by atoms with van der Waals surface area (Å²) in [5, 5.41) is 13.1. The maximum Gasteiger partial charge on any atom is 0.407 e. The fraction of sp³-hybridized carbons (Fsp3) is 0.350. The first-order valence-corrected chi connectivity index (χ1v) is 8.90. The highest BCUT2D eigenvalue weighted by Crippen LogP contribution is 2.24. The maximum atomic E-state index is 12.0. The molecule has 142 valence electrons. The van der Waals surface area contributed by atoms with Crippen LogP contribution in [0.5, 0.6) is 0 Å². The number of esters is 1. The molecule has 2 atom stereocenters. The van der Waals surface area contributed by atoms with E-state index < -0.39 is 12.1 Å². The van der Waals surface area contributed by atoms with Gasteiger partial charge < -0.3 is 20.1 Å². The normalized spacial score (nSPS) is 19.5. The van der Waals surface area contributed by atoms with Gasteiger partial charge in [-0.05, 0) is 24.5 Å². The van der Waals surface area contributed by atoms with Gasteiger partial charge in [0, 0.05) is 30.9 Å². The molecule has 0 radical (unpaired) electrons. The molecule has 0 bridgehead atoms. The Labute approximate surface area is 158 Å². The molecule has 1 saturated heterocycles. The molecule has 0 aliphatic carbocycles. The van der Waals surface area contributed by atoms with Crippen LogP contribution < -0.4 is 5.32 Å². The molecular weight excluding hydrogens is 346 g/mol. The first-order chi connectivity index (χ1) is 13.1. The molecule has 27 heavy (non-hydrogen) atoms. The number of carbonyl (C=O) groups is 2. The van der Waals surface area contributed by atoms with Gasteiger partial charge in [-0.1, -0.05) is 36.4 Å². The van der Waals surface area contributed by atoms with Gasteiger partial charge in [0.1, 0.15) is 0 Å². The number of carbonyl (C=O) groups excluding carboxylic acids is 1. The first kappa shape index (κ1) is 18.8. The third-order valence-corrected chi connectivity index (χ3v) is 4.87. The minimum atomic E-state index is -0.955. The van der Waals surface area contributed by atoms with E-state index in [4.69, 9.17) is 4.74 Å². The molecule has 2 N–H and O–H groups in total. The van der Waals surface area contributed by atoms with Crippen LogP contribution in [-0.4, -0.2) is 53.3 Å². The van der Waals surface area contributed by atoms with Crippen LogP contribution in [0.15, 0.2) is 48.7 Å². The minimum absolute atomic E-state index is 0.128. The average Bonchev–Trinajstić information content (AvgIpc) is 2.72. The summed E-state index contributed by atoms with van der Waals surface area (Å²) in [6.07, 6.45) is 2.11. The Kier molecular flexibility index (Phi) is 6.03. The van der Waals surface area contributed by atoms with Crippen molar-refractivity contribution in [1.29, 1.82) is 0 Å². The molecule has 1 aliphatic rings. The van der Waals surface area contributed by atoms with E-state index in [0.717, 1.165) is 12.8 Å². The second kappa shape index (κ2) is 8.64. The lowest BCUT2D eigenvalue weighted by Crippen LogP contribution is -2.54. The number of rotatable bonds is 5. The van der Waals surface area contributed by atoms with Crippen molar-refractivity contribution < 1.29 is 19.4 Å². The monoisotopic (exact) mass is 369 g/mol. The van der Waals surface area contributed by atoms with Crippen LogP contribution in [0, 0.1) is 0 Å². The Morgan fingerprint density at radius 2 is 2.04 bits per heavy atom. The van der Waals surface area contributed by atoms with Crippen molar-refractivity contribution in [2.75, 3.05) is 20.2 Å². The first-order valence-electron chi connectivity index (χ1n) is 8.90. The lowest BCUT2D eigenvalue weighted by Gasteiger charge is -2.39. The number of hydrogen-bond acceptors (Lipinski definition) is 5. The zero-order valence-electron chi connectivity index (χ0n) is 15.2. The zero-order valence-corrected chi connectivity index (χ0v) is 15.2. The third-order valence-electron chi connectivity index (χ3n) is 4.87. The quantitative estimate of drug-likeness (QED) is 0.787. The third kappa shape index (κ3) is 4.43. The number of pyridine rings is 1. The Balaban J connectivity index is 1.73. The summed E-state index contributed by atoms with van der Waals surface area (Å²) in [5.74, 6) is -0.527. The highest BCUT2D eigenvalue weighted by Gasteiger charge is 2.33. The molecule has 2 heterocycles. The highest BCUT2D eigenvalue weighted by atomic mass is 16.5. The average molecular weight is 369 g/mol. The smallest absolute Gasteiger partial charge is 0.407 e. The van der Waals surface area contributed by atoms with Crippen molar-refractivity contribution in [2.45, 2.75) is 24.9 Å². The van der Waals surface area contributed by atoms with Gasteiger partial charge in [0.05, 0.1) is 13.2 Å². The highest BCUT2D eigenvalue weighted by molar-refractivity contribution is 5.89. The van der Waals surface area contributed by atoms with Crippen molar-refractivity contribution >= 4 is 12.1 Å². The summed E-state index contributed by atoms with van der Waals surface area (Å²) in [6, 6.07) is 13.1. The fourth-order valence-corrected chi connectivity index (χ4v) is 3.44. The second-order valence-corrected chi connectivity index (χ2v) is 6.51. The van der Waals surface area contributed by atoms with Crippen molar-refractivity contribution in [3.63, 3.8) is 0 Å². The molecule has 3 rings (SSSR count). The number of nitrogens with zero attached hydrogens (tertiary/aromatic N) is 2. The fourth-order valence-electron chi connectivity index (χ4n) is 3.44. The van der Waals surface area contributed by atoms with Crippen molar-refractivity contribution in [3.8, 4) is 0 Å². The van der Waals surface area contributed by atoms with Gasteiger partial charge in [-0.3, -0.25) is 0 Å². The topological polar surface area (TPSA) is 91.8 Å². The molecule has 0 spiro atoms. The number of piperazine rings is 1. The lowest BCUT2D eigenvalue weighted by molar-refractivity contribution is 0.0589. The van der Waals surface area contributed by atoms with Gasteiger partial charge in [0.15, 0.2) is 5.69 Å². The van der Waals surface area contributed by atoms with Crippen molar-refractivity contribution in [1.82, 2.24) is 15.2 Å². The largest absolute Gasteiger partial charge is 0.465 e. The number of hydrogen-bond donors (Lipinski definition) is 2. The van der Waals surface area contributed by atoms with Crippen LogP contribution in [0.3, 0.4) is 0 Å². The van der Waals surface area contributed by atoms with Crippen molar-refractivity contribution in [2.24, 2.45) is 0 Å². The molecule has 1 fully saturated rings. The molecule has 7 heteroatoms. The van der Waals surface area contributed by atoms with Crippen LogP contribution in [0.4, 0.5) is 4.79 Å². The van der Waals surface area contributed by atoms with E-state index in [1.54, 1.807) is 12.1 Å². The summed E-state index contributed by atoms with van der Waals surface area (Å²) in [5.41, 5.74) is 2.05. The number of benzene rings is 1. The van der Waals surface area contributed by atoms with Crippen LogP contribution >= 0.6 is 0 Å². The van der Waals surface area contributed by atoms with Gasteiger partial charge in [-0.2, -0.15) is 0 Å². The van der Waals surface area contributed by atoms with Gasteiger partial charge >= 0.3 is 12.1 Å². The molecule has 1 aliphatic heterocycles. The summed E-state index contributed by atoms with van der Waals surface area (Å²) >= 11 is 0. The number of carboxylic acid groups (broad SMARTS) is 1. The van der Waals surface area contributed by atoms with E-state index in [-0.39, 0.29) is 24.3 Å². The number of nitrogens with one attached hydrogen (secondary N) is 1. The van der Waals surface area contributed by atoms with E-state index in [1.807, 2.05) is 30.3 Å². The van der Waals surface area contributed by atoms with E-state index in [2.05, 4.69) is 10.3 Å². The Morgan fingerprint density at radius 3 is 2.74 bits per heavy atom. The predicted molar refractivity (Wildman–Crippen MR) is 99.6 cm³/mol. The van der Waals surface area contributed by atoms with Gasteiger partial charge in [-0.15, -0.1) is 0 Å². The summed E-state index contributed by atoms with van der Waals surface area (Å²) in [7, 11) is 1.30. The van der Waals surface area contributed by atoms with Crippen LogP contribution in [0.2, 0.25) is 0 Å². The van der Waals surface area contributed by atoms with Gasteiger partial charge in [-0.25, -0.2) is 14.6 Å². The molecule has 2 aromatic rings.